The highest BCUT2D eigenvalue weighted by Gasteiger charge is 2.49. The van der Waals surface area contributed by atoms with Gasteiger partial charge >= 0.3 is 0 Å². The number of sulfonamides is 1. The van der Waals surface area contributed by atoms with E-state index in [1.54, 1.807) is 50.2 Å². The summed E-state index contributed by atoms with van der Waals surface area (Å²) in [6, 6.07) is 20.2. The fraction of sp³-hybridized carbons (Fsp3) is 0.200. The number of hydrogen-bond acceptors (Lipinski definition) is 5. The third-order valence-electron chi connectivity index (χ3n) is 5.38. The van der Waals surface area contributed by atoms with E-state index in [2.05, 4.69) is 5.32 Å². The predicted molar refractivity (Wildman–Crippen MR) is 132 cm³/mol. The van der Waals surface area contributed by atoms with Crippen LogP contribution in [0.3, 0.4) is 0 Å². The van der Waals surface area contributed by atoms with Gasteiger partial charge in [-0.1, -0.05) is 23.7 Å². The first-order valence-electron chi connectivity index (χ1n) is 10.5. The maximum atomic E-state index is 12.6. The van der Waals surface area contributed by atoms with E-state index in [-0.39, 0.29) is 17.3 Å². The molecule has 3 aromatic carbocycles. The van der Waals surface area contributed by atoms with E-state index in [1.807, 2.05) is 12.1 Å². The highest BCUT2D eigenvalue weighted by atomic mass is 35.5. The first-order valence-corrected chi connectivity index (χ1v) is 12.5. The Labute approximate surface area is 203 Å². The van der Waals surface area contributed by atoms with E-state index in [4.69, 9.17) is 16.3 Å². The topological polar surface area (TPSA) is 92.8 Å². The van der Waals surface area contributed by atoms with Crippen LogP contribution in [-0.2, 0) is 21.4 Å². The van der Waals surface area contributed by atoms with Crippen molar-refractivity contribution in [2.24, 2.45) is 5.41 Å². The van der Waals surface area contributed by atoms with Crippen molar-refractivity contribution in [1.82, 2.24) is 0 Å². The van der Waals surface area contributed by atoms with Gasteiger partial charge in [-0.15, -0.1) is 0 Å². The van der Waals surface area contributed by atoms with Crippen LogP contribution in [0.5, 0.6) is 5.75 Å². The Morgan fingerprint density at radius 2 is 1.62 bits per heavy atom. The molecule has 1 fully saturated rings. The number of rotatable bonds is 6. The second kappa shape index (κ2) is 9.12. The zero-order valence-corrected chi connectivity index (χ0v) is 20.2. The van der Waals surface area contributed by atoms with E-state index in [0.29, 0.717) is 28.6 Å². The lowest BCUT2D eigenvalue weighted by Gasteiger charge is -2.17. The van der Waals surface area contributed by atoms with E-state index < -0.39 is 21.3 Å². The van der Waals surface area contributed by atoms with E-state index in [9.17, 15) is 18.0 Å². The molecule has 3 aromatic rings. The molecule has 1 N–H and O–H groups in total. The van der Waals surface area contributed by atoms with Gasteiger partial charge < -0.3 is 10.1 Å². The second-order valence-electron chi connectivity index (χ2n) is 8.65. The lowest BCUT2D eigenvalue weighted by Crippen LogP contribution is -2.32. The van der Waals surface area contributed by atoms with Crippen LogP contribution in [0.25, 0.3) is 0 Å². The number of anilines is 2. The lowest BCUT2D eigenvalue weighted by molar-refractivity contribution is -0.123. The van der Waals surface area contributed by atoms with Gasteiger partial charge in [-0.3, -0.25) is 9.59 Å². The maximum Gasteiger partial charge on any atom is 0.255 e. The van der Waals surface area contributed by atoms with Gasteiger partial charge in [-0.05, 0) is 80.1 Å². The number of carbonyl (C=O) groups is 2. The zero-order valence-electron chi connectivity index (χ0n) is 18.6. The summed E-state index contributed by atoms with van der Waals surface area (Å²) in [5.41, 5.74) is 1.12. The third kappa shape index (κ3) is 5.08. The number of amides is 2. The molecule has 7 nitrogen and oxygen atoms in total. The summed E-state index contributed by atoms with van der Waals surface area (Å²) in [5, 5.41) is 3.45. The third-order valence-corrected chi connectivity index (χ3v) is 7.65. The maximum absolute atomic E-state index is 12.6. The number of halogens is 1. The summed E-state index contributed by atoms with van der Waals surface area (Å²) in [6.45, 7) is 3.59. The van der Waals surface area contributed by atoms with E-state index in [0.717, 1.165) is 9.87 Å². The molecule has 0 aromatic heterocycles. The van der Waals surface area contributed by atoms with Crippen molar-refractivity contribution in [2.45, 2.75) is 20.5 Å². The molecule has 0 radical (unpaired) electrons. The monoisotopic (exact) mass is 498 g/mol. The van der Waals surface area contributed by atoms with Gasteiger partial charge in [-0.25, -0.2) is 12.7 Å². The van der Waals surface area contributed by atoms with Crippen LogP contribution in [0.1, 0.15) is 29.8 Å². The number of carbonyl (C=O) groups excluding carboxylic acids is 2. The molecule has 0 spiro atoms. The molecule has 0 aliphatic carbocycles. The van der Waals surface area contributed by atoms with Crippen LogP contribution in [0, 0.1) is 5.41 Å². The van der Waals surface area contributed by atoms with Crippen LogP contribution in [-0.4, -0.2) is 26.0 Å². The van der Waals surface area contributed by atoms with Crippen molar-refractivity contribution >= 4 is 44.8 Å². The minimum Gasteiger partial charge on any atom is -0.489 e. The van der Waals surface area contributed by atoms with Crippen LogP contribution in [0.4, 0.5) is 11.4 Å². The highest BCUT2D eigenvalue weighted by Crippen LogP contribution is 2.35. The van der Waals surface area contributed by atoms with Crippen molar-refractivity contribution in [1.29, 1.82) is 0 Å². The number of benzene rings is 3. The SMILES string of the molecule is CC1(C)CS(=O)(=O)N(c2ccc(C(=O)Nc3ccc(OCc4ccc(Cl)cc4)cc3)cc2)C1=O. The van der Waals surface area contributed by atoms with Gasteiger partial charge in [0.25, 0.3) is 5.91 Å². The molecule has 0 saturated carbocycles. The van der Waals surface area contributed by atoms with Crippen molar-refractivity contribution in [3.63, 3.8) is 0 Å². The Hall–Kier alpha value is -3.36. The molecule has 2 amide bonds. The summed E-state index contributed by atoms with van der Waals surface area (Å²) in [6.07, 6.45) is 0. The minimum atomic E-state index is -3.74. The highest BCUT2D eigenvalue weighted by molar-refractivity contribution is 7.94. The number of nitrogens with zero attached hydrogens (tertiary/aromatic N) is 1. The molecule has 0 unspecified atom stereocenters. The normalized spacial score (nSPS) is 16.3. The first kappa shape index (κ1) is 23.8. The van der Waals surface area contributed by atoms with E-state index >= 15 is 0 Å². The summed E-state index contributed by atoms with van der Waals surface area (Å²) < 4.78 is 31.4. The standard InChI is InChI=1S/C25H23ClN2O5S/c1-25(2)16-34(31,32)28(24(25)30)21-11-5-18(6-12-21)23(29)27-20-9-13-22(14-10-20)33-15-17-3-7-19(26)8-4-17/h3-14H,15-16H2,1-2H3,(H,27,29). The first-order chi connectivity index (χ1) is 16.0. The molecule has 1 aliphatic heterocycles. The van der Waals surface area contributed by atoms with Gasteiger partial charge in [0.2, 0.25) is 15.9 Å². The fourth-order valence-electron chi connectivity index (χ4n) is 3.59. The van der Waals surface area contributed by atoms with Crippen LogP contribution in [0.2, 0.25) is 5.02 Å². The average molecular weight is 499 g/mol. The fourth-order valence-corrected chi connectivity index (χ4v) is 5.83. The molecule has 0 atom stereocenters. The Balaban J connectivity index is 1.38. The molecule has 34 heavy (non-hydrogen) atoms. The molecular formula is C25H23ClN2O5S. The number of nitrogens with one attached hydrogen (secondary N) is 1. The van der Waals surface area contributed by atoms with Crippen LogP contribution >= 0.6 is 11.6 Å². The van der Waals surface area contributed by atoms with Crippen LogP contribution < -0.4 is 14.4 Å². The summed E-state index contributed by atoms with van der Waals surface area (Å²) in [7, 11) is -3.74. The molecule has 9 heteroatoms. The molecule has 4 rings (SSSR count). The molecule has 1 heterocycles. The van der Waals surface area contributed by atoms with Crippen molar-refractivity contribution < 1.29 is 22.7 Å². The lowest BCUT2D eigenvalue weighted by atomic mass is 9.95. The average Bonchev–Trinajstić information content (AvgIpc) is 2.96. The molecule has 1 aliphatic rings. The summed E-state index contributed by atoms with van der Waals surface area (Å²) in [4.78, 5) is 25.1. The molecular weight excluding hydrogens is 476 g/mol. The Bertz CT molecular complexity index is 1320. The second-order valence-corrected chi connectivity index (χ2v) is 10.9. The molecule has 176 valence electrons. The predicted octanol–water partition coefficient (Wildman–Crippen LogP) is 4.87. The van der Waals surface area contributed by atoms with Gasteiger partial charge in [-0.2, -0.15) is 0 Å². The van der Waals surface area contributed by atoms with Gasteiger partial charge in [0, 0.05) is 16.3 Å². The van der Waals surface area contributed by atoms with E-state index in [1.165, 1.54) is 24.3 Å². The van der Waals surface area contributed by atoms with Crippen molar-refractivity contribution in [3.8, 4) is 5.75 Å². The zero-order chi connectivity index (χ0) is 24.5. The number of ether oxygens (including phenoxy) is 1. The largest absolute Gasteiger partial charge is 0.489 e. The summed E-state index contributed by atoms with van der Waals surface area (Å²) >= 11 is 5.88. The minimum absolute atomic E-state index is 0.217. The Morgan fingerprint density at radius 3 is 2.18 bits per heavy atom. The number of hydrogen-bond donors (Lipinski definition) is 1. The van der Waals surface area contributed by atoms with Crippen molar-refractivity contribution in [2.75, 3.05) is 15.4 Å². The van der Waals surface area contributed by atoms with Crippen LogP contribution in [0.15, 0.2) is 72.8 Å². The Morgan fingerprint density at radius 1 is 1.00 bits per heavy atom. The van der Waals surface area contributed by atoms with Gasteiger partial charge in [0.05, 0.1) is 16.9 Å². The molecule has 1 saturated heterocycles. The van der Waals surface area contributed by atoms with Gasteiger partial charge in [0.1, 0.15) is 12.4 Å². The van der Waals surface area contributed by atoms with Crippen molar-refractivity contribution in [3.05, 3.63) is 88.9 Å². The summed E-state index contributed by atoms with van der Waals surface area (Å²) in [5.74, 6) is -0.447. The quantitative estimate of drug-likeness (QED) is 0.523. The smallest absolute Gasteiger partial charge is 0.255 e. The Kier molecular flexibility index (Phi) is 6.38. The van der Waals surface area contributed by atoms with Gasteiger partial charge in [0.15, 0.2) is 0 Å². The molecule has 0 bridgehead atoms.